The highest BCUT2D eigenvalue weighted by molar-refractivity contribution is 6.00. The monoisotopic (exact) mass is 766 g/mol. The Bertz CT molecular complexity index is 2910. The molecule has 0 radical (unpaired) electrons. The van der Waals surface area contributed by atoms with Crippen molar-refractivity contribution in [1.29, 1.82) is 5.26 Å². The van der Waals surface area contributed by atoms with Crippen molar-refractivity contribution >= 4 is 39.9 Å². The van der Waals surface area contributed by atoms with Gasteiger partial charge in [-0.05, 0) is 128 Å². The van der Waals surface area contributed by atoms with E-state index in [2.05, 4.69) is 156 Å². The van der Waals surface area contributed by atoms with E-state index >= 15 is 0 Å². The zero-order valence-corrected chi connectivity index (χ0v) is 33.4. The largest absolute Gasteiger partial charge is 0.456 e. The van der Waals surface area contributed by atoms with Crippen LogP contribution in [0.15, 0.2) is 155 Å². The Morgan fingerprint density at radius 1 is 0.763 bits per heavy atom. The molecule has 288 valence electrons. The summed E-state index contributed by atoms with van der Waals surface area (Å²) in [6.45, 7) is 0. The maximum absolute atomic E-state index is 9.93. The molecule has 1 atom stereocenters. The van der Waals surface area contributed by atoms with E-state index in [-0.39, 0.29) is 6.04 Å². The lowest BCUT2D eigenvalue weighted by Gasteiger charge is -2.17. The Labute approximate surface area is 346 Å². The summed E-state index contributed by atoms with van der Waals surface area (Å²) in [6.07, 6.45) is 23.9. The molecule has 0 fully saturated rings. The number of amidine groups is 1. The van der Waals surface area contributed by atoms with E-state index in [1.165, 1.54) is 50.0 Å². The van der Waals surface area contributed by atoms with Crippen molar-refractivity contribution in [3.05, 3.63) is 184 Å². The van der Waals surface area contributed by atoms with Crippen molar-refractivity contribution in [3.63, 3.8) is 0 Å². The minimum atomic E-state index is 0.0575. The number of benzene rings is 5. The van der Waals surface area contributed by atoms with Gasteiger partial charge in [0.05, 0.1) is 23.2 Å². The fraction of sp³-hybridized carbons (Fsp3) is 0.185. The molecule has 0 saturated heterocycles. The molecular weight excluding hydrogens is 721 g/mol. The second kappa shape index (κ2) is 15.8. The van der Waals surface area contributed by atoms with Gasteiger partial charge in [-0.2, -0.15) is 5.26 Å². The molecule has 3 aliphatic carbocycles. The van der Waals surface area contributed by atoms with Crippen molar-refractivity contribution in [1.82, 2.24) is 9.88 Å². The summed E-state index contributed by atoms with van der Waals surface area (Å²) in [5, 5.41) is 15.7. The van der Waals surface area contributed by atoms with Gasteiger partial charge in [0.15, 0.2) is 0 Å². The normalized spacial score (nSPS) is 15.2. The molecular formula is C54H46N4O. The first-order chi connectivity index (χ1) is 29.1. The third-order valence-corrected chi connectivity index (χ3v) is 12.2. The van der Waals surface area contributed by atoms with E-state index < -0.39 is 0 Å². The van der Waals surface area contributed by atoms with Crippen LogP contribution < -0.4 is 5.32 Å². The van der Waals surface area contributed by atoms with E-state index in [0.717, 1.165) is 96.3 Å². The van der Waals surface area contributed by atoms with Crippen LogP contribution in [0.4, 0.5) is 0 Å². The fourth-order valence-corrected chi connectivity index (χ4v) is 9.24. The zero-order chi connectivity index (χ0) is 39.7. The Kier molecular flexibility index (Phi) is 9.76. The molecule has 3 aliphatic rings. The first-order valence-corrected chi connectivity index (χ1v) is 21.0. The average Bonchev–Trinajstić information content (AvgIpc) is 3.85. The van der Waals surface area contributed by atoms with Crippen LogP contribution in [0.25, 0.3) is 62.0 Å². The predicted molar refractivity (Wildman–Crippen MR) is 244 cm³/mol. The van der Waals surface area contributed by atoms with Gasteiger partial charge >= 0.3 is 0 Å². The van der Waals surface area contributed by atoms with Crippen LogP contribution in [0.1, 0.15) is 83.8 Å². The number of allylic oxidation sites excluding steroid dienone is 6. The van der Waals surface area contributed by atoms with Crippen LogP contribution in [0.5, 0.6) is 0 Å². The Balaban J connectivity index is 0.958. The summed E-state index contributed by atoms with van der Waals surface area (Å²) in [7, 11) is 1.97. The number of aryl methyl sites for hydroxylation is 2. The molecule has 0 bridgehead atoms. The molecule has 5 heteroatoms. The summed E-state index contributed by atoms with van der Waals surface area (Å²) in [5.74, 6) is 1.81. The van der Waals surface area contributed by atoms with Crippen molar-refractivity contribution in [3.8, 4) is 34.0 Å². The minimum Gasteiger partial charge on any atom is -0.456 e. The van der Waals surface area contributed by atoms with Crippen molar-refractivity contribution in [2.45, 2.75) is 57.4 Å². The quantitative estimate of drug-likeness (QED) is 0.118. The van der Waals surface area contributed by atoms with E-state index in [4.69, 9.17) is 9.41 Å². The number of hydrogen-bond acceptors (Lipinski definition) is 3. The van der Waals surface area contributed by atoms with Crippen molar-refractivity contribution in [2.75, 3.05) is 7.05 Å². The van der Waals surface area contributed by atoms with Gasteiger partial charge in [0.2, 0.25) is 0 Å². The van der Waals surface area contributed by atoms with Gasteiger partial charge in [-0.3, -0.25) is 4.99 Å². The number of aliphatic imine (C=N–C) groups is 1. The number of furan rings is 1. The predicted octanol–water partition coefficient (Wildman–Crippen LogP) is 13.3. The highest BCUT2D eigenvalue weighted by atomic mass is 16.3. The molecule has 7 aromatic rings. The summed E-state index contributed by atoms with van der Waals surface area (Å²) >= 11 is 0. The summed E-state index contributed by atoms with van der Waals surface area (Å²) < 4.78 is 8.82. The maximum Gasteiger partial charge on any atom is 0.142 e. The standard InChI is InChI=1S/C54H46N4O/c1-56-54(57-49(40-14-6-3-7-15-40)30-20-36-12-4-2-5-13-36)41-23-21-38(22-24-41)42-27-31-51-47(34-42)44-16-8-10-18-50(44)58(51)43-28-25-39(26-29-43)46-32-37(35-55)33-48-45-17-9-11-19-52(45)59-53(46)48/h3-4,6-7,10-15,18-19,21-29,31-34,49H,2,5,8-9,16-17,20,30H2,1H3,(H,56,57). The third-order valence-electron chi connectivity index (χ3n) is 12.2. The third kappa shape index (κ3) is 6.95. The summed E-state index contributed by atoms with van der Waals surface area (Å²) in [5.41, 5.74) is 15.7. The van der Waals surface area contributed by atoms with Crippen LogP contribution in [-0.2, 0) is 12.8 Å². The van der Waals surface area contributed by atoms with E-state index in [1.807, 2.05) is 19.2 Å². The average molecular weight is 767 g/mol. The number of rotatable bonds is 9. The number of aromatic nitrogens is 1. The Morgan fingerprint density at radius 3 is 2.31 bits per heavy atom. The van der Waals surface area contributed by atoms with Crippen molar-refractivity contribution < 1.29 is 4.42 Å². The lowest BCUT2D eigenvalue weighted by atomic mass is 9.96. The van der Waals surface area contributed by atoms with Gasteiger partial charge in [-0.1, -0.05) is 109 Å². The van der Waals surface area contributed by atoms with E-state index in [9.17, 15) is 5.26 Å². The molecule has 5 aromatic carbocycles. The van der Waals surface area contributed by atoms with Crippen molar-refractivity contribution in [2.24, 2.45) is 4.99 Å². The lowest BCUT2D eigenvalue weighted by molar-refractivity contribution is 0.596. The molecule has 0 saturated carbocycles. The summed E-state index contributed by atoms with van der Waals surface area (Å²) in [4.78, 5) is 5.32. The molecule has 10 rings (SSSR count). The number of nitrogens with one attached hydrogen (secondary N) is 1. The second-order valence-corrected chi connectivity index (χ2v) is 15.8. The lowest BCUT2D eigenvalue weighted by Crippen LogP contribution is -2.21. The molecule has 2 heterocycles. The molecule has 0 aliphatic heterocycles. The minimum absolute atomic E-state index is 0.0575. The van der Waals surface area contributed by atoms with Gasteiger partial charge in [-0.15, -0.1) is 0 Å². The molecule has 59 heavy (non-hydrogen) atoms. The highest BCUT2D eigenvalue weighted by Crippen LogP contribution is 2.40. The molecule has 0 amide bonds. The van der Waals surface area contributed by atoms with Crippen LogP contribution in [-0.4, -0.2) is 17.5 Å². The molecule has 2 aromatic heterocycles. The van der Waals surface area contributed by atoms with E-state index in [1.54, 1.807) is 0 Å². The number of fused-ring (bicyclic) bond motifs is 6. The molecule has 1 N–H and O–H groups in total. The Morgan fingerprint density at radius 2 is 1.53 bits per heavy atom. The second-order valence-electron chi connectivity index (χ2n) is 15.8. The maximum atomic E-state index is 9.93. The van der Waals surface area contributed by atoms with Gasteiger partial charge in [0.25, 0.3) is 0 Å². The smallest absolute Gasteiger partial charge is 0.142 e. The number of nitrogens with zero attached hydrogens (tertiary/aromatic N) is 3. The number of nitriles is 1. The van der Waals surface area contributed by atoms with Crippen LogP contribution in [0.2, 0.25) is 0 Å². The first kappa shape index (κ1) is 36.4. The van der Waals surface area contributed by atoms with Gasteiger partial charge < -0.3 is 14.3 Å². The van der Waals surface area contributed by atoms with Crippen LogP contribution in [0.3, 0.4) is 0 Å². The highest BCUT2D eigenvalue weighted by Gasteiger charge is 2.22. The number of hydrogen-bond donors (Lipinski definition) is 1. The van der Waals surface area contributed by atoms with Gasteiger partial charge in [-0.25, -0.2) is 0 Å². The molecule has 1 unspecified atom stereocenters. The topological polar surface area (TPSA) is 66.2 Å². The van der Waals surface area contributed by atoms with Gasteiger partial charge in [0, 0.05) is 45.9 Å². The Hall–Kier alpha value is -6.90. The SMILES string of the molecule is CNC(=NC(CCC1=CCCC=C1)c1ccccc1)c1ccc(-c2ccc3c(c2)c2c(n3-c3ccc(-c4cc(C#N)cc5c6c(oc45)C=CCC6)cc3)C=CCC2)cc1. The molecule has 0 spiro atoms. The van der Waals surface area contributed by atoms with E-state index in [0.29, 0.717) is 5.56 Å². The van der Waals surface area contributed by atoms with Crippen LogP contribution in [0, 0.1) is 11.3 Å². The van der Waals surface area contributed by atoms with Gasteiger partial charge in [0.1, 0.15) is 17.2 Å². The van der Waals surface area contributed by atoms with Crippen LogP contribution >= 0.6 is 0 Å². The zero-order valence-electron chi connectivity index (χ0n) is 33.4. The fourth-order valence-electron chi connectivity index (χ4n) is 9.24. The first-order valence-electron chi connectivity index (χ1n) is 21.0. The molecule has 5 nitrogen and oxygen atoms in total. The summed E-state index contributed by atoms with van der Waals surface area (Å²) in [6, 6.07) is 41.6.